The maximum atomic E-state index is 13.2. The van der Waals surface area contributed by atoms with Gasteiger partial charge in [-0.05, 0) is 42.6 Å². The normalized spacial score (nSPS) is 16.6. The largest absolute Gasteiger partial charge is 0.337 e. The van der Waals surface area contributed by atoms with E-state index < -0.39 is 0 Å². The molecular weight excluding hydrogens is 263 g/mol. The van der Waals surface area contributed by atoms with Crippen molar-refractivity contribution in [1.29, 1.82) is 0 Å². The number of benzene rings is 1. The summed E-state index contributed by atoms with van der Waals surface area (Å²) in [5.41, 5.74) is 0. The first kappa shape index (κ1) is 12.6. The summed E-state index contributed by atoms with van der Waals surface area (Å²) in [6.07, 6.45) is 0.977. The molecule has 0 bridgehead atoms. The summed E-state index contributed by atoms with van der Waals surface area (Å²) in [5.74, 6) is -0.200. The van der Waals surface area contributed by atoms with E-state index in [1.807, 2.05) is 4.90 Å². The molecule has 1 aliphatic rings. The number of halogens is 1. The van der Waals surface area contributed by atoms with Crippen molar-refractivity contribution in [3.05, 3.63) is 35.0 Å². The Morgan fingerprint density at radius 3 is 3.05 bits per heavy atom. The second kappa shape index (κ2) is 5.27. The van der Waals surface area contributed by atoms with E-state index >= 15 is 0 Å². The Kier molecular flexibility index (Phi) is 3.48. The molecule has 1 aliphatic heterocycles. The molecule has 3 rings (SSSR count). The fourth-order valence-electron chi connectivity index (χ4n) is 2.32. The summed E-state index contributed by atoms with van der Waals surface area (Å²) >= 11 is 1.44. The average Bonchev–Trinajstić information content (AvgIpc) is 2.64. The van der Waals surface area contributed by atoms with Gasteiger partial charge < -0.3 is 10.2 Å². The van der Waals surface area contributed by atoms with Gasteiger partial charge in [-0.2, -0.15) is 0 Å². The molecule has 3 nitrogen and oxygen atoms in total. The third-order valence-electron chi connectivity index (χ3n) is 3.32. The Labute approximate surface area is 115 Å². The molecule has 0 radical (unpaired) electrons. The maximum absolute atomic E-state index is 13.2. The lowest BCUT2D eigenvalue weighted by Crippen LogP contribution is -2.33. The van der Waals surface area contributed by atoms with Crippen LogP contribution in [-0.4, -0.2) is 37.0 Å². The zero-order valence-corrected chi connectivity index (χ0v) is 11.3. The second-order valence-electron chi connectivity index (χ2n) is 4.69. The number of hydrogen-bond acceptors (Lipinski definition) is 3. The van der Waals surface area contributed by atoms with E-state index in [1.165, 1.54) is 23.5 Å². The molecule has 0 spiro atoms. The van der Waals surface area contributed by atoms with Gasteiger partial charge in [0.1, 0.15) is 5.82 Å². The van der Waals surface area contributed by atoms with E-state index in [0.717, 1.165) is 42.7 Å². The van der Waals surface area contributed by atoms with Gasteiger partial charge in [0.15, 0.2) is 0 Å². The predicted molar refractivity (Wildman–Crippen MR) is 75.2 cm³/mol. The van der Waals surface area contributed by atoms with Crippen LogP contribution in [0.15, 0.2) is 24.3 Å². The minimum atomic E-state index is -0.261. The standard InChI is InChI=1S/C14H15FN2OS/c15-11-2-3-12-10(8-11)9-13(19-12)14(18)17-6-1-4-16-5-7-17/h2-3,8-9,16H,1,4-7H2. The molecule has 0 aliphatic carbocycles. The third-order valence-corrected chi connectivity index (χ3v) is 4.42. The molecule has 2 heterocycles. The molecule has 0 saturated carbocycles. The number of nitrogens with one attached hydrogen (secondary N) is 1. The highest BCUT2D eigenvalue weighted by molar-refractivity contribution is 7.20. The van der Waals surface area contributed by atoms with Gasteiger partial charge in [-0.3, -0.25) is 4.79 Å². The monoisotopic (exact) mass is 278 g/mol. The van der Waals surface area contributed by atoms with Crippen molar-refractivity contribution < 1.29 is 9.18 Å². The average molecular weight is 278 g/mol. The Morgan fingerprint density at radius 1 is 1.26 bits per heavy atom. The maximum Gasteiger partial charge on any atom is 0.264 e. The highest BCUT2D eigenvalue weighted by Gasteiger charge is 2.19. The van der Waals surface area contributed by atoms with E-state index in [0.29, 0.717) is 4.88 Å². The van der Waals surface area contributed by atoms with Crippen LogP contribution in [0.1, 0.15) is 16.1 Å². The number of rotatable bonds is 1. The number of nitrogens with zero attached hydrogens (tertiary/aromatic N) is 1. The second-order valence-corrected chi connectivity index (χ2v) is 5.77. The summed E-state index contributed by atoms with van der Waals surface area (Å²) in [6, 6.07) is 6.44. The lowest BCUT2D eigenvalue weighted by atomic mass is 10.2. The van der Waals surface area contributed by atoms with E-state index in [2.05, 4.69) is 5.32 Å². The molecule has 1 aromatic carbocycles. The van der Waals surface area contributed by atoms with Crippen molar-refractivity contribution in [3.8, 4) is 0 Å². The summed E-state index contributed by atoms with van der Waals surface area (Å²) in [4.78, 5) is 15.0. The Balaban J connectivity index is 1.88. The molecule has 1 N–H and O–H groups in total. The molecule has 1 saturated heterocycles. The van der Waals surface area contributed by atoms with Gasteiger partial charge in [-0.25, -0.2) is 4.39 Å². The SMILES string of the molecule is O=C(c1cc2cc(F)ccc2s1)N1CCCNCC1. The van der Waals surface area contributed by atoms with E-state index in [-0.39, 0.29) is 11.7 Å². The third kappa shape index (κ3) is 2.62. The molecule has 1 amide bonds. The summed E-state index contributed by atoms with van der Waals surface area (Å²) in [5, 5.41) is 4.08. The number of fused-ring (bicyclic) bond motifs is 1. The van der Waals surface area contributed by atoms with E-state index in [9.17, 15) is 9.18 Å². The minimum absolute atomic E-state index is 0.0605. The smallest absolute Gasteiger partial charge is 0.264 e. The fraction of sp³-hybridized carbons (Fsp3) is 0.357. The molecule has 0 unspecified atom stereocenters. The van der Waals surface area contributed by atoms with Crippen molar-refractivity contribution >= 4 is 27.3 Å². The number of thiophene rings is 1. The van der Waals surface area contributed by atoms with Gasteiger partial charge in [-0.15, -0.1) is 11.3 Å². The van der Waals surface area contributed by atoms with Crippen molar-refractivity contribution in [2.75, 3.05) is 26.2 Å². The van der Waals surface area contributed by atoms with Gasteiger partial charge >= 0.3 is 0 Å². The van der Waals surface area contributed by atoms with Gasteiger partial charge in [0, 0.05) is 24.3 Å². The number of carbonyl (C=O) groups excluding carboxylic acids is 1. The Morgan fingerprint density at radius 2 is 2.16 bits per heavy atom. The van der Waals surface area contributed by atoms with Gasteiger partial charge in [0.05, 0.1) is 4.88 Å². The molecule has 2 aromatic rings. The number of amides is 1. The minimum Gasteiger partial charge on any atom is -0.337 e. The predicted octanol–water partition coefficient (Wildman–Crippen LogP) is 2.48. The van der Waals surface area contributed by atoms with E-state index in [4.69, 9.17) is 0 Å². The van der Waals surface area contributed by atoms with Crippen LogP contribution in [0.25, 0.3) is 10.1 Å². The molecule has 1 fully saturated rings. The molecule has 5 heteroatoms. The van der Waals surface area contributed by atoms with Crippen LogP contribution in [0, 0.1) is 5.82 Å². The van der Waals surface area contributed by atoms with Crippen LogP contribution in [0.4, 0.5) is 4.39 Å². The van der Waals surface area contributed by atoms with Gasteiger partial charge in [0.2, 0.25) is 0 Å². The first-order valence-corrected chi connectivity index (χ1v) is 7.25. The Bertz CT molecular complexity index is 603. The zero-order chi connectivity index (χ0) is 13.2. The van der Waals surface area contributed by atoms with Crippen LogP contribution >= 0.6 is 11.3 Å². The van der Waals surface area contributed by atoms with Gasteiger partial charge in [0.25, 0.3) is 5.91 Å². The Hall–Kier alpha value is -1.46. The highest BCUT2D eigenvalue weighted by Crippen LogP contribution is 2.27. The van der Waals surface area contributed by atoms with Crippen LogP contribution in [0.5, 0.6) is 0 Å². The molecule has 100 valence electrons. The fourth-order valence-corrected chi connectivity index (χ4v) is 3.34. The summed E-state index contributed by atoms with van der Waals surface area (Å²) in [7, 11) is 0. The van der Waals surface area contributed by atoms with Crippen molar-refractivity contribution in [2.45, 2.75) is 6.42 Å². The first-order valence-electron chi connectivity index (χ1n) is 6.43. The first-order chi connectivity index (χ1) is 9.24. The highest BCUT2D eigenvalue weighted by atomic mass is 32.1. The molecule has 1 aromatic heterocycles. The lowest BCUT2D eigenvalue weighted by Gasteiger charge is -2.18. The van der Waals surface area contributed by atoms with E-state index in [1.54, 1.807) is 12.1 Å². The number of carbonyl (C=O) groups is 1. The van der Waals surface area contributed by atoms with Gasteiger partial charge in [-0.1, -0.05) is 0 Å². The van der Waals surface area contributed by atoms with Crippen molar-refractivity contribution in [2.24, 2.45) is 0 Å². The van der Waals surface area contributed by atoms with Crippen LogP contribution in [0.2, 0.25) is 0 Å². The quantitative estimate of drug-likeness (QED) is 0.869. The lowest BCUT2D eigenvalue weighted by molar-refractivity contribution is 0.0771. The molecular formula is C14H15FN2OS. The number of hydrogen-bond donors (Lipinski definition) is 1. The zero-order valence-electron chi connectivity index (χ0n) is 10.5. The van der Waals surface area contributed by atoms with Crippen LogP contribution in [-0.2, 0) is 0 Å². The van der Waals surface area contributed by atoms with Crippen LogP contribution in [0.3, 0.4) is 0 Å². The summed E-state index contributed by atoms with van der Waals surface area (Å²) in [6.45, 7) is 3.32. The topological polar surface area (TPSA) is 32.3 Å². The molecule has 19 heavy (non-hydrogen) atoms. The van der Waals surface area contributed by atoms with Crippen molar-refractivity contribution in [1.82, 2.24) is 10.2 Å². The van der Waals surface area contributed by atoms with Crippen LogP contribution < -0.4 is 5.32 Å². The molecule has 0 atom stereocenters. The van der Waals surface area contributed by atoms with Crippen molar-refractivity contribution in [3.63, 3.8) is 0 Å². The summed E-state index contributed by atoms with van der Waals surface area (Å²) < 4.78 is 14.1.